The first-order valence-corrected chi connectivity index (χ1v) is 7.92. The Hall–Kier alpha value is -2.02. The Morgan fingerprint density at radius 3 is 2.82 bits per heavy atom. The van der Waals surface area contributed by atoms with Crippen molar-refractivity contribution >= 4 is 35.2 Å². The Labute approximate surface area is 132 Å². The van der Waals surface area contributed by atoms with Crippen LogP contribution in [0, 0.1) is 6.92 Å². The number of phenols is 1. The molecule has 1 aromatic rings. The summed E-state index contributed by atoms with van der Waals surface area (Å²) in [6.07, 6.45) is 0.0588. The van der Waals surface area contributed by atoms with Gasteiger partial charge in [0.25, 0.3) is 0 Å². The van der Waals surface area contributed by atoms with Gasteiger partial charge in [0.05, 0.1) is 23.3 Å². The molecule has 1 N–H and O–H groups in total. The SMILES string of the molecule is CCOC(=O)CSC1CC(=O)N(c2ccc(O)cc2C)C1=O. The minimum atomic E-state index is -0.579. The zero-order valence-electron chi connectivity index (χ0n) is 12.4. The molecule has 1 aliphatic rings. The van der Waals surface area contributed by atoms with Gasteiger partial charge in [0, 0.05) is 6.42 Å². The zero-order valence-corrected chi connectivity index (χ0v) is 13.2. The van der Waals surface area contributed by atoms with Crippen LogP contribution in [0.2, 0.25) is 0 Å². The number of benzene rings is 1. The van der Waals surface area contributed by atoms with E-state index >= 15 is 0 Å². The lowest BCUT2D eigenvalue weighted by molar-refractivity contribution is -0.139. The topological polar surface area (TPSA) is 83.9 Å². The molecule has 7 heteroatoms. The number of aryl methyl sites for hydroxylation is 1. The minimum absolute atomic E-state index is 0.0416. The standard InChI is InChI=1S/C15H17NO5S/c1-3-21-14(19)8-22-12-7-13(18)16(15(12)20)11-5-4-10(17)6-9(11)2/h4-6,12,17H,3,7-8H2,1-2H3. The lowest BCUT2D eigenvalue weighted by atomic mass is 10.1. The number of ether oxygens (including phenoxy) is 1. The third-order valence-corrected chi connectivity index (χ3v) is 4.41. The molecule has 0 aromatic heterocycles. The smallest absolute Gasteiger partial charge is 0.315 e. The Balaban J connectivity index is 2.10. The lowest BCUT2D eigenvalue weighted by Gasteiger charge is -2.17. The van der Waals surface area contributed by atoms with E-state index in [1.807, 2.05) is 0 Å². The van der Waals surface area contributed by atoms with Crippen molar-refractivity contribution < 1.29 is 24.2 Å². The molecule has 1 unspecified atom stereocenters. The summed E-state index contributed by atoms with van der Waals surface area (Å²) in [5.74, 6) is -0.922. The van der Waals surface area contributed by atoms with E-state index in [2.05, 4.69) is 0 Å². The van der Waals surface area contributed by atoms with Gasteiger partial charge in [0.2, 0.25) is 11.8 Å². The monoisotopic (exact) mass is 323 g/mol. The average Bonchev–Trinajstić information content (AvgIpc) is 2.72. The molecule has 0 saturated carbocycles. The first-order valence-electron chi connectivity index (χ1n) is 6.87. The third kappa shape index (κ3) is 3.41. The van der Waals surface area contributed by atoms with Gasteiger partial charge in [-0.25, -0.2) is 4.90 Å². The molecule has 0 aliphatic carbocycles. The van der Waals surface area contributed by atoms with Crippen molar-refractivity contribution in [2.45, 2.75) is 25.5 Å². The second kappa shape index (κ2) is 6.83. The minimum Gasteiger partial charge on any atom is -0.508 e. The van der Waals surface area contributed by atoms with Gasteiger partial charge in [-0.1, -0.05) is 0 Å². The number of nitrogens with zero attached hydrogens (tertiary/aromatic N) is 1. The first kappa shape index (κ1) is 16.4. The van der Waals surface area contributed by atoms with Gasteiger partial charge in [0.15, 0.2) is 0 Å². The summed E-state index contributed by atoms with van der Waals surface area (Å²) < 4.78 is 4.81. The second-order valence-electron chi connectivity index (χ2n) is 4.85. The fourth-order valence-corrected chi connectivity index (χ4v) is 3.18. The number of carbonyl (C=O) groups excluding carboxylic acids is 3. The van der Waals surface area contributed by atoms with Crippen LogP contribution in [0.25, 0.3) is 0 Å². The highest BCUT2D eigenvalue weighted by atomic mass is 32.2. The van der Waals surface area contributed by atoms with Crippen molar-refractivity contribution in [1.29, 1.82) is 0 Å². The Kier molecular flexibility index (Phi) is 5.07. The van der Waals surface area contributed by atoms with Crippen LogP contribution >= 0.6 is 11.8 Å². The number of carbonyl (C=O) groups is 3. The van der Waals surface area contributed by atoms with Crippen LogP contribution in [0.3, 0.4) is 0 Å². The van der Waals surface area contributed by atoms with Crippen LogP contribution in [-0.2, 0) is 19.1 Å². The highest BCUT2D eigenvalue weighted by Crippen LogP contribution is 2.32. The molecule has 0 spiro atoms. The number of thioether (sulfide) groups is 1. The number of hydrogen-bond donors (Lipinski definition) is 1. The van der Waals surface area contributed by atoms with Crippen molar-refractivity contribution in [2.24, 2.45) is 0 Å². The van der Waals surface area contributed by atoms with Crippen molar-refractivity contribution in [2.75, 3.05) is 17.3 Å². The number of phenolic OH excluding ortho intramolecular Hbond substituents is 1. The predicted octanol–water partition coefficient (Wildman–Crippen LogP) is 1.63. The maximum absolute atomic E-state index is 12.4. The summed E-state index contributed by atoms with van der Waals surface area (Å²) in [4.78, 5) is 37.0. The molecule has 0 radical (unpaired) electrons. The number of anilines is 1. The Morgan fingerprint density at radius 1 is 1.45 bits per heavy atom. The lowest BCUT2D eigenvalue weighted by Crippen LogP contribution is -2.32. The molecule has 1 heterocycles. The first-order chi connectivity index (χ1) is 10.4. The molecule has 1 aromatic carbocycles. The summed E-state index contributed by atoms with van der Waals surface area (Å²) in [7, 11) is 0. The Bertz CT molecular complexity index is 616. The molecule has 2 rings (SSSR count). The van der Waals surface area contributed by atoms with Crippen molar-refractivity contribution in [1.82, 2.24) is 0 Å². The molecule has 1 atom stereocenters. The van der Waals surface area contributed by atoms with Gasteiger partial charge in [-0.2, -0.15) is 0 Å². The molecular weight excluding hydrogens is 306 g/mol. The van der Waals surface area contributed by atoms with E-state index in [4.69, 9.17) is 4.74 Å². The van der Waals surface area contributed by atoms with Crippen molar-refractivity contribution in [3.05, 3.63) is 23.8 Å². The van der Waals surface area contributed by atoms with Crippen LogP contribution in [0.5, 0.6) is 5.75 Å². The summed E-state index contributed by atoms with van der Waals surface area (Å²) >= 11 is 1.12. The predicted molar refractivity (Wildman–Crippen MR) is 82.8 cm³/mol. The van der Waals surface area contributed by atoms with Gasteiger partial charge in [0.1, 0.15) is 5.75 Å². The molecule has 1 saturated heterocycles. The highest BCUT2D eigenvalue weighted by Gasteiger charge is 2.40. The number of amides is 2. The maximum atomic E-state index is 12.4. The van der Waals surface area contributed by atoms with Crippen LogP contribution in [0.15, 0.2) is 18.2 Å². The van der Waals surface area contributed by atoms with Gasteiger partial charge in [-0.15, -0.1) is 11.8 Å². The quantitative estimate of drug-likeness (QED) is 0.655. The average molecular weight is 323 g/mol. The largest absolute Gasteiger partial charge is 0.508 e. The molecule has 2 amide bonds. The molecular formula is C15H17NO5S. The van der Waals surface area contributed by atoms with E-state index in [1.165, 1.54) is 12.1 Å². The molecule has 1 fully saturated rings. The van der Waals surface area contributed by atoms with Crippen LogP contribution in [0.1, 0.15) is 18.9 Å². The number of hydrogen-bond acceptors (Lipinski definition) is 6. The van der Waals surface area contributed by atoms with Crippen LogP contribution in [-0.4, -0.2) is 40.5 Å². The van der Waals surface area contributed by atoms with Crippen molar-refractivity contribution in [3.8, 4) is 5.75 Å². The summed E-state index contributed by atoms with van der Waals surface area (Å²) in [6.45, 7) is 3.71. The van der Waals surface area contributed by atoms with E-state index in [-0.39, 0.29) is 36.3 Å². The van der Waals surface area contributed by atoms with E-state index in [0.717, 1.165) is 16.7 Å². The van der Waals surface area contributed by atoms with E-state index in [1.54, 1.807) is 19.9 Å². The summed E-state index contributed by atoms with van der Waals surface area (Å²) in [6, 6.07) is 4.47. The van der Waals surface area contributed by atoms with Crippen molar-refractivity contribution in [3.63, 3.8) is 0 Å². The third-order valence-electron chi connectivity index (χ3n) is 3.23. The highest BCUT2D eigenvalue weighted by molar-refractivity contribution is 8.01. The molecule has 118 valence electrons. The molecule has 6 nitrogen and oxygen atoms in total. The Morgan fingerprint density at radius 2 is 2.18 bits per heavy atom. The van der Waals surface area contributed by atoms with Gasteiger partial charge in [-0.05, 0) is 37.6 Å². The zero-order chi connectivity index (χ0) is 16.3. The number of rotatable bonds is 5. The van der Waals surface area contributed by atoms with E-state index in [9.17, 15) is 19.5 Å². The number of imide groups is 1. The van der Waals surface area contributed by atoms with Gasteiger partial charge >= 0.3 is 5.97 Å². The summed E-state index contributed by atoms with van der Waals surface area (Å²) in [5.41, 5.74) is 1.10. The number of esters is 1. The molecule has 22 heavy (non-hydrogen) atoms. The van der Waals surface area contributed by atoms with E-state index < -0.39 is 11.2 Å². The summed E-state index contributed by atoms with van der Waals surface area (Å²) in [5, 5.41) is 8.84. The van der Waals surface area contributed by atoms with Crippen LogP contribution in [0.4, 0.5) is 5.69 Å². The molecule has 1 aliphatic heterocycles. The van der Waals surface area contributed by atoms with E-state index in [0.29, 0.717) is 11.3 Å². The molecule has 0 bridgehead atoms. The normalized spacial score (nSPS) is 17.9. The van der Waals surface area contributed by atoms with Gasteiger partial charge < -0.3 is 9.84 Å². The second-order valence-corrected chi connectivity index (χ2v) is 6.04. The number of aromatic hydroxyl groups is 1. The fraction of sp³-hybridized carbons (Fsp3) is 0.400. The van der Waals surface area contributed by atoms with Crippen LogP contribution < -0.4 is 4.90 Å². The maximum Gasteiger partial charge on any atom is 0.315 e. The fourth-order valence-electron chi connectivity index (χ4n) is 2.25. The van der Waals surface area contributed by atoms with Gasteiger partial charge in [-0.3, -0.25) is 14.4 Å².